The lowest BCUT2D eigenvalue weighted by Crippen LogP contribution is -2.15. The normalized spacial score (nSPS) is 11.3. The highest BCUT2D eigenvalue weighted by Crippen LogP contribution is 2.22. The van der Waals surface area contributed by atoms with Crippen LogP contribution in [0, 0.1) is 12.7 Å². The molecule has 0 bridgehead atoms. The molecule has 0 fully saturated rings. The molecular formula is C14H14FNO3S. The lowest BCUT2D eigenvalue weighted by molar-refractivity contribution is 0.282. The summed E-state index contributed by atoms with van der Waals surface area (Å²) in [5.74, 6) is -0.809. The zero-order valence-electron chi connectivity index (χ0n) is 10.8. The Morgan fingerprint density at radius 1 is 1.20 bits per heavy atom. The van der Waals surface area contributed by atoms with E-state index in [1.54, 1.807) is 19.1 Å². The van der Waals surface area contributed by atoms with Crippen molar-refractivity contribution in [3.05, 3.63) is 59.4 Å². The van der Waals surface area contributed by atoms with Crippen molar-refractivity contribution in [2.24, 2.45) is 0 Å². The van der Waals surface area contributed by atoms with Gasteiger partial charge in [0.2, 0.25) is 0 Å². The summed E-state index contributed by atoms with van der Waals surface area (Å²) in [4.78, 5) is -0.409. The van der Waals surface area contributed by atoms with Crippen molar-refractivity contribution in [1.29, 1.82) is 0 Å². The molecule has 0 saturated heterocycles. The maximum atomic E-state index is 13.6. The fourth-order valence-corrected chi connectivity index (χ4v) is 2.94. The minimum atomic E-state index is -4.00. The number of halogens is 1. The fraction of sp³-hybridized carbons (Fsp3) is 0.143. The van der Waals surface area contributed by atoms with Crippen molar-refractivity contribution < 1.29 is 17.9 Å². The lowest BCUT2D eigenvalue weighted by Gasteiger charge is -2.12. The Balaban J connectivity index is 2.41. The van der Waals surface area contributed by atoms with Gasteiger partial charge in [0.15, 0.2) is 0 Å². The van der Waals surface area contributed by atoms with Crippen LogP contribution in [0.5, 0.6) is 0 Å². The number of hydrogen-bond acceptors (Lipinski definition) is 3. The summed E-state index contributed by atoms with van der Waals surface area (Å²) in [6.07, 6.45) is 0. The lowest BCUT2D eigenvalue weighted by atomic mass is 10.1. The smallest absolute Gasteiger partial charge is 0.264 e. The SMILES string of the molecule is Cc1ccc(CO)cc1NS(=O)(=O)c1ccccc1F. The number of sulfonamides is 1. The van der Waals surface area contributed by atoms with Crippen LogP contribution in [0.25, 0.3) is 0 Å². The van der Waals surface area contributed by atoms with E-state index in [2.05, 4.69) is 4.72 Å². The first kappa shape index (κ1) is 14.5. The Morgan fingerprint density at radius 3 is 2.55 bits per heavy atom. The summed E-state index contributed by atoms with van der Waals surface area (Å²) in [5.41, 5.74) is 1.57. The van der Waals surface area contributed by atoms with E-state index >= 15 is 0 Å². The van der Waals surface area contributed by atoms with Crippen molar-refractivity contribution >= 4 is 15.7 Å². The second-order valence-electron chi connectivity index (χ2n) is 4.34. The highest BCUT2D eigenvalue weighted by atomic mass is 32.2. The average Bonchev–Trinajstić information content (AvgIpc) is 2.41. The number of nitrogens with one attached hydrogen (secondary N) is 1. The second-order valence-corrected chi connectivity index (χ2v) is 5.99. The number of rotatable bonds is 4. The van der Waals surface area contributed by atoms with Gasteiger partial charge in [0.25, 0.3) is 10.0 Å². The summed E-state index contributed by atoms with van der Waals surface area (Å²) in [7, 11) is -4.00. The molecule has 0 aromatic heterocycles. The number of anilines is 1. The van der Waals surface area contributed by atoms with Gasteiger partial charge in [-0.2, -0.15) is 0 Å². The van der Waals surface area contributed by atoms with Gasteiger partial charge in [0, 0.05) is 0 Å². The van der Waals surface area contributed by atoms with Crippen molar-refractivity contribution in [2.75, 3.05) is 4.72 Å². The molecule has 6 heteroatoms. The minimum Gasteiger partial charge on any atom is -0.392 e. The van der Waals surface area contributed by atoms with E-state index in [0.717, 1.165) is 6.07 Å². The molecule has 106 valence electrons. The third-order valence-electron chi connectivity index (χ3n) is 2.86. The predicted octanol–water partition coefficient (Wildman–Crippen LogP) is 2.43. The fourth-order valence-electron chi connectivity index (χ4n) is 1.74. The molecule has 0 aliphatic carbocycles. The number of hydrogen-bond donors (Lipinski definition) is 2. The molecule has 2 N–H and O–H groups in total. The molecule has 0 amide bonds. The quantitative estimate of drug-likeness (QED) is 0.910. The number of aliphatic hydroxyl groups is 1. The molecule has 0 radical (unpaired) electrons. The minimum absolute atomic E-state index is 0.200. The number of benzene rings is 2. The van der Waals surface area contributed by atoms with Gasteiger partial charge in [-0.15, -0.1) is 0 Å². The van der Waals surface area contributed by atoms with Crippen molar-refractivity contribution in [2.45, 2.75) is 18.4 Å². The van der Waals surface area contributed by atoms with Crippen LogP contribution in [0.3, 0.4) is 0 Å². The van der Waals surface area contributed by atoms with Gasteiger partial charge < -0.3 is 5.11 Å². The Morgan fingerprint density at radius 2 is 1.90 bits per heavy atom. The third kappa shape index (κ3) is 2.97. The average molecular weight is 295 g/mol. The van der Waals surface area contributed by atoms with Gasteiger partial charge in [-0.05, 0) is 36.2 Å². The molecule has 20 heavy (non-hydrogen) atoms. The van der Waals surface area contributed by atoms with Gasteiger partial charge in [-0.1, -0.05) is 24.3 Å². The Hall–Kier alpha value is -1.92. The molecule has 0 unspecified atom stereocenters. The third-order valence-corrected chi connectivity index (χ3v) is 4.25. The van der Waals surface area contributed by atoms with E-state index in [9.17, 15) is 12.8 Å². The van der Waals surface area contributed by atoms with Crippen molar-refractivity contribution in [3.63, 3.8) is 0 Å². The highest BCUT2D eigenvalue weighted by molar-refractivity contribution is 7.92. The summed E-state index contributed by atoms with van der Waals surface area (Å²) in [6, 6.07) is 10.1. The van der Waals surface area contributed by atoms with E-state index in [-0.39, 0.29) is 6.61 Å². The van der Waals surface area contributed by atoms with Gasteiger partial charge >= 0.3 is 0 Å². The van der Waals surface area contributed by atoms with E-state index in [1.807, 2.05) is 0 Å². The Bertz CT molecular complexity index is 729. The van der Waals surface area contributed by atoms with Crippen LogP contribution >= 0.6 is 0 Å². The van der Waals surface area contributed by atoms with E-state index in [4.69, 9.17) is 5.11 Å². The Labute approximate surface area is 116 Å². The molecule has 0 aliphatic heterocycles. The molecule has 0 saturated carbocycles. The largest absolute Gasteiger partial charge is 0.392 e. The summed E-state index contributed by atoms with van der Waals surface area (Å²) in [6.45, 7) is 1.52. The van der Waals surface area contributed by atoms with Gasteiger partial charge in [0.1, 0.15) is 10.7 Å². The first-order valence-corrected chi connectivity index (χ1v) is 7.40. The van der Waals surface area contributed by atoms with Crippen LogP contribution in [0.1, 0.15) is 11.1 Å². The first-order chi connectivity index (χ1) is 9.44. The highest BCUT2D eigenvalue weighted by Gasteiger charge is 2.19. The van der Waals surface area contributed by atoms with E-state index < -0.39 is 20.7 Å². The molecule has 0 aliphatic rings. The summed E-state index contributed by atoms with van der Waals surface area (Å²) < 4.78 is 40.2. The predicted molar refractivity (Wildman–Crippen MR) is 74.3 cm³/mol. The first-order valence-electron chi connectivity index (χ1n) is 5.92. The molecule has 0 atom stereocenters. The Kier molecular flexibility index (Phi) is 4.06. The monoisotopic (exact) mass is 295 g/mol. The maximum absolute atomic E-state index is 13.6. The molecule has 0 spiro atoms. The van der Waals surface area contributed by atoms with Gasteiger partial charge in [0.05, 0.1) is 12.3 Å². The van der Waals surface area contributed by atoms with Crippen LogP contribution in [0.2, 0.25) is 0 Å². The number of aryl methyl sites for hydroxylation is 1. The molecule has 2 aromatic rings. The molecular weight excluding hydrogens is 281 g/mol. The second kappa shape index (κ2) is 5.60. The summed E-state index contributed by atoms with van der Waals surface area (Å²) in [5, 5.41) is 9.08. The van der Waals surface area contributed by atoms with Crippen LogP contribution in [-0.2, 0) is 16.6 Å². The van der Waals surface area contributed by atoms with Gasteiger partial charge in [-0.3, -0.25) is 4.72 Å². The van der Waals surface area contributed by atoms with Crippen LogP contribution in [0.4, 0.5) is 10.1 Å². The van der Waals surface area contributed by atoms with Gasteiger partial charge in [-0.25, -0.2) is 12.8 Å². The molecule has 4 nitrogen and oxygen atoms in total. The van der Waals surface area contributed by atoms with Crippen molar-refractivity contribution in [3.8, 4) is 0 Å². The maximum Gasteiger partial charge on any atom is 0.264 e. The van der Waals surface area contributed by atoms with Crippen LogP contribution in [-0.4, -0.2) is 13.5 Å². The standard InChI is InChI=1S/C14H14FNO3S/c1-10-6-7-11(9-17)8-13(10)16-20(18,19)14-5-3-2-4-12(14)15/h2-8,16-17H,9H2,1H3. The molecule has 2 rings (SSSR count). The van der Waals surface area contributed by atoms with Crippen molar-refractivity contribution in [1.82, 2.24) is 0 Å². The van der Waals surface area contributed by atoms with E-state index in [1.165, 1.54) is 24.3 Å². The number of aliphatic hydroxyl groups excluding tert-OH is 1. The van der Waals surface area contributed by atoms with Crippen LogP contribution < -0.4 is 4.72 Å². The topological polar surface area (TPSA) is 66.4 Å². The zero-order chi connectivity index (χ0) is 14.8. The molecule has 0 heterocycles. The molecule has 2 aromatic carbocycles. The zero-order valence-corrected chi connectivity index (χ0v) is 11.6. The van der Waals surface area contributed by atoms with E-state index in [0.29, 0.717) is 16.8 Å². The summed E-state index contributed by atoms with van der Waals surface area (Å²) >= 11 is 0. The van der Waals surface area contributed by atoms with Crippen LogP contribution in [0.15, 0.2) is 47.4 Å².